The third-order valence-corrected chi connectivity index (χ3v) is 2.54. The molecule has 0 saturated heterocycles. The second kappa shape index (κ2) is 9.66. The van der Waals surface area contributed by atoms with E-state index in [2.05, 4.69) is 49.3 Å². The van der Waals surface area contributed by atoms with Gasteiger partial charge in [0.1, 0.15) is 5.82 Å². The number of thiol groups is 1. The minimum Gasteiger partial charge on any atom is -0.358 e. The summed E-state index contributed by atoms with van der Waals surface area (Å²) < 4.78 is 14.2. The van der Waals surface area contributed by atoms with Crippen LogP contribution in [-0.2, 0) is 6.42 Å². The van der Waals surface area contributed by atoms with Crippen LogP contribution in [-0.4, -0.2) is 10.5 Å². The fourth-order valence-corrected chi connectivity index (χ4v) is 2.02. The van der Waals surface area contributed by atoms with Crippen LogP contribution in [0.4, 0.5) is 4.39 Å². The minimum absolute atomic E-state index is 0. The van der Waals surface area contributed by atoms with Crippen LogP contribution in [0.1, 0.15) is 38.3 Å². The van der Waals surface area contributed by atoms with Gasteiger partial charge in [-0.1, -0.05) is 36.7 Å². The van der Waals surface area contributed by atoms with Crippen molar-refractivity contribution in [3.8, 4) is 0 Å². The van der Waals surface area contributed by atoms with Crippen LogP contribution >= 0.6 is 28.6 Å². The summed E-state index contributed by atoms with van der Waals surface area (Å²) in [6.07, 6.45) is 1.47. The Morgan fingerprint density at radius 3 is 2.21 bits per heavy atom. The first-order chi connectivity index (χ1) is 7.68. The topological polar surface area (TPSA) is 23.9 Å². The van der Waals surface area contributed by atoms with Crippen molar-refractivity contribution in [2.24, 2.45) is 0 Å². The SMILES string of the molecule is CC(C)(C)S.N=C1CCc2cc(Br)cc(F)c21.[CH3-].[Cs+]. The van der Waals surface area contributed by atoms with Crippen molar-refractivity contribution in [1.29, 1.82) is 5.41 Å². The van der Waals surface area contributed by atoms with Crippen LogP contribution in [0.25, 0.3) is 0 Å². The number of rotatable bonds is 0. The maximum atomic E-state index is 13.2. The molecule has 0 fully saturated rings. The van der Waals surface area contributed by atoms with E-state index in [9.17, 15) is 4.39 Å². The first-order valence-electron chi connectivity index (χ1n) is 5.46. The average molecular weight is 466 g/mol. The van der Waals surface area contributed by atoms with Crippen molar-refractivity contribution in [2.45, 2.75) is 38.4 Å². The summed E-state index contributed by atoms with van der Waals surface area (Å²) in [5.41, 5.74) is 1.89. The fourth-order valence-electron chi connectivity index (χ4n) is 1.55. The normalized spacial score (nSPS) is 12.6. The number of hydrogen-bond donors (Lipinski definition) is 2. The second-order valence-corrected chi connectivity index (χ2v) is 7.33. The molecule has 0 spiro atoms. The maximum absolute atomic E-state index is 13.2. The van der Waals surface area contributed by atoms with Crippen LogP contribution in [0.3, 0.4) is 0 Å². The third kappa shape index (κ3) is 8.66. The molecule has 0 aromatic heterocycles. The number of nitrogens with one attached hydrogen (secondary N) is 1. The molecule has 0 amide bonds. The Labute approximate surface area is 189 Å². The van der Waals surface area contributed by atoms with Gasteiger partial charge in [0.15, 0.2) is 0 Å². The van der Waals surface area contributed by atoms with E-state index < -0.39 is 0 Å². The van der Waals surface area contributed by atoms with E-state index in [1.807, 2.05) is 6.07 Å². The second-order valence-electron chi connectivity index (χ2n) is 5.07. The summed E-state index contributed by atoms with van der Waals surface area (Å²) in [4.78, 5) is 0. The monoisotopic (exact) mass is 465 g/mol. The van der Waals surface area contributed by atoms with E-state index in [0.717, 1.165) is 16.5 Å². The van der Waals surface area contributed by atoms with Gasteiger partial charge in [0, 0.05) is 20.5 Å². The molecule has 0 atom stereocenters. The number of fused-ring (bicyclic) bond motifs is 1. The Balaban J connectivity index is 0. The van der Waals surface area contributed by atoms with Crippen molar-refractivity contribution in [2.75, 3.05) is 0 Å². The third-order valence-electron chi connectivity index (χ3n) is 2.08. The van der Waals surface area contributed by atoms with E-state index in [4.69, 9.17) is 5.41 Å². The molecule has 0 bridgehead atoms. The summed E-state index contributed by atoms with van der Waals surface area (Å²) in [7, 11) is 0. The summed E-state index contributed by atoms with van der Waals surface area (Å²) in [5.74, 6) is -0.276. The molecule has 1 aliphatic rings. The van der Waals surface area contributed by atoms with Gasteiger partial charge in [0.05, 0.1) is 0 Å². The Hall–Kier alpha value is 1.70. The molecule has 1 aromatic rings. The predicted octanol–water partition coefficient (Wildman–Crippen LogP) is 2.07. The van der Waals surface area contributed by atoms with E-state index in [0.29, 0.717) is 17.7 Å². The molecule has 1 aliphatic carbocycles. The van der Waals surface area contributed by atoms with Crippen LogP contribution in [0.2, 0.25) is 0 Å². The van der Waals surface area contributed by atoms with E-state index in [-0.39, 0.29) is 86.9 Å². The van der Waals surface area contributed by atoms with Crippen molar-refractivity contribution >= 4 is 34.3 Å². The Kier molecular flexibility index (Phi) is 11.7. The van der Waals surface area contributed by atoms with Crippen molar-refractivity contribution in [3.63, 3.8) is 0 Å². The fraction of sp³-hybridized carbons (Fsp3) is 0.429. The first kappa shape index (κ1) is 23.0. The molecule has 0 unspecified atom stereocenters. The van der Waals surface area contributed by atoms with E-state index in [1.54, 1.807) is 0 Å². The molecule has 5 heteroatoms. The smallest absolute Gasteiger partial charge is 0.358 e. The molecule has 0 heterocycles. The molecular formula is C14H20BrCsFNS. The molecule has 2 rings (SSSR count). The van der Waals surface area contributed by atoms with Crippen LogP contribution in [0, 0.1) is 18.7 Å². The van der Waals surface area contributed by atoms with Crippen LogP contribution < -0.4 is 68.9 Å². The molecule has 0 saturated carbocycles. The molecule has 1 nitrogen and oxygen atoms in total. The van der Waals surface area contributed by atoms with Gasteiger partial charge < -0.3 is 12.8 Å². The van der Waals surface area contributed by atoms with Gasteiger partial charge in [-0.15, -0.1) is 0 Å². The standard InChI is InChI=1S/C9H7BrFN.C4H10S.CH3.Cs/c10-6-3-5-1-2-8(12)9(5)7(11)4-6;1-4(2,3)5;;/h3-4,12H,1-2H2;5H,1-3H3;1H3;/q;;-1;+1. The van der Waals surface area contributed by atoms with Crippen molar-refractivity contribution in [3.05, 3.63) is 41.0 Å². The number of halogens is 2. The Bertz CT molecular complexity index is 438. The zero-order chi connectivity index (χ0) is 13.2. The summed E-state index contributed by atoms with van der Waals surface area (Å²) >= 11 is 7.35. The molecule has 1 N–H and O–H groups in total. The Morgan fingerprint density at radius 1 is 1.26 bits per heavy atom. The number of aryl methyl sites for hydroxylation is 1. The molecule has 0 radical (unpaired) electrons. The van der Waals surface area contributed by atoms with Gasteiger partial charge in [-0.3, -0.25) is 0 Å². The molecule has 19 heavy (non-hydrogen) atoms. The van der Waals surface area contributed by atoms with Gasteiger partial charge in [0.2, 0.25) is 0 Å². The van der Waals surface area contributed by atoms with E-state index >= 15 is 0 Å². The molecule has 1 aromatic carbocycles. The molecule has 102 valence electrons. The van der Waals surface area contributed by atoms with Crippen molar-refractivity contribution in [1.82, 2.24) is 0 Å². The number of benzene rings is 1. The first-order valence-corrected chi connectivity index (χ1v) is 6.70. The van der Waals surface area contributed by atoms with Gasteiger partial charge in [-0.25, -0.2) is 4.39 Å². The van der Waals surface area contributed by atoms with E-state index in [1.165, 1.54) is 6.07 Å². The molecule has 0 aliphatic heterocycles. The predicted molar refractivity (Wildman–Crippen MR) is 84.4 cm³/mol. The largest absolute Gasteiger partial charge is 1.00 e. The quantitative estimate of drug-likeness (QED) is 0.433. The van der Waals surface area contributed by atoms with Crippen LogP contribution in [0.15, 0.2) is 16.6 Å². The maximum Gasteiger partial charge on any atom is 1.00 e. The van der Waals surface area contributed by atoms with Gasteiger partial charge in [0.25, 0.3) is 0 Å². The summed E-state index contributed by atoms with van der Waals surface area (Å²) in [5, 5.41) is 7.49. The average Bonchev–Trinajstić information content (AvgIpc) is 2.43. The Morgan fingerprint density at radius 2 is 1.74 bits per heavy atom. The summed E-state index contributed by atoms with van der Waals surface area (Å²) in [6, 6.07) is 3.30. The van der Waals surface area contributed by atoms with Gasteiger partial charge in [-0.2, -0.15) is 12.6 Å². The van der Waals surface area contributed by atoms with Crippen LogP contribution in [0.5, 0.6) is 0 Å². The molecular weight excluding hydrogens is 446 g/mol. The number of hydrogen-bond acceptors (Lipinski definition) is 2. The minimum atomic E-state index is -0.276. The zero-order valence-electron chi connectivity index (χ0n) is 12.3. The van der Waals surface area contributed by atoms with Gasteiger partial charge in [-0.05, 0) is 30.5 Å². The van der Waals surface area contributed by atoms with Gasteiger partial charge >= 0.3 is 68.9 Å². The zero-order valence-corrected chi connectivity index (χ0v) is 21.0. The van der Waals surface area contributed by atoms with Crippen molar-refractivity contribution < 1.29 is 73.3 Å². The summed E-state index contributed by atoms with van der Waals surface area (Å²) in [6.45, 7) is 6.16.